The number of hydrogen-bond donors (Lipinski definition) is 2. The molecule has 0 bridgehead atoms. The smallest absolute Gasteiger partial charge is 0.341 e. The molecule has 3 N–H and O–H groups in total. The quantitative estimate of drug-likeness (QED) is 0.391. The third-order valence-electron chi connectivity index (χ3n) is 5.21. The number of esters is 1. The fourth-order valence-corrected chi connectivity index (χ4v) is 5.64. The fourth-order valence-electron chi connectivity index (χ4n) is 3.56. The highest BCUT2D eigenvalue weighted by molar-refractivity contribution is 7.99. The Morgan fingerprint density at radius 2 is 2.14 bits per heavy atom. The highest BCUT2D eigenvalue weighted by Crippen LogP contribution is 2.41. The third kappa shape index (κ3) is 4.28. The first-order valence-corrected chi connectivity index (χ1v) is 11.7. The van der Waals surface area contributed by atoms with E-state index in [2.05, 4.69) is 22.4 Å². The second-order valence-electron chi connectivity index (χ2n) is 7.60. The molecule has 156 valence electrons. The van der Waals surface area contributed by atoms with Crippen molar-refractivity contribution in [1.29, 1.82) is 0 Å². The summed E-state index contributed by atoms with van der Waals surface area (Å²) < 4.78 is 6.73. The lowest BCUT2D eigenvalue weighted by atomic mass is 9.88. The van der Waals surface area contributed by atoms with E-state index in [1.54, 1.807) is 6.92 Å². The number of rotatable bonds is 7. The predicted octanol–water partition coefficient (Wildman–Crippen LogP) is 2.96. The molecule has 4 rings (SSSR count). The minimum Gasteiger partial charge on any atom is -0.462 e. The van der Waals surface area contributed by atoms with E-state index < -0.39 is 0 Å². The number of nitrogen functional groups attached to an aromatic ring is 1. The third-order valence-corrected chi connectivity index (χ3v) is 7.32. The van der Waals surface area contributed by atoms with Gasteiger partial charge < -0.3 is 15.9 Å². The van der Waals surface area contributed by atoms with Crippen LogP contribution in [0.25, 0.3) is 0 Å². The maximum atomic E-state index is 12.6. The van der Waals surface area contributed by atoms with Crippen molar-refractivity contribution in [3.05, 3.63) is 21.8 Å². The van der Waals surface area contributed by atoms with E-state index in [1.807, 2.05) is 0 Å². The summed E-state index contributed by atoms with van der Waals surface area (Å²) in [5.41, 5.74) is 1.56. The minimum absolute atomic E-state index is 0.140. The normalized spacial score (nSPS) is 18.3. The molecule has 1 atom stereocenters. The fraction of sp³-hybridized carbons (Fsp3) is 0.579. The van der Waals surface area contributed by atoms with Crippen LogP contribution in [0.5, 0.6) is 0 Å². The number of anilines is 1. The van der Waals surface area contributed by atoms with E-state index >= 15 is 0 Å². The van der Waals surface area contributed by atoms with Crippen molar-refractivity contribution in [2.24, 2.45) is 5.92 Å². The Morgan fingerprint density at radius 1 is 1.34 bits per heavy atom. The molecule has 0 aliphatic heterocycles. The Bertz CT molecular complexity index is 935. The SMILES string of the molecule is CCOC(=O)c1c(NC(=O)CSc2nnc(C3CC3)n2N)sc2c1CC[C@@H](C)C2. The molecule has 1 fully saturated rings. The lowest BCUT2D eigenvalue weighted by molar-refractivity contribution is -0.113. The van der Waals surface area contributed by atoms with Crippen molar-refractivity contribution in [3.8, 4) is 0 Å². The van der Waals surface area contributed by atoms with Gasteiger partial charge in [0.15, 0.2) is 5.82 Å². The summed E-state index contributed by atoms with van der Waals surface area (Å²) >= 11 is 2.73. The van der Waals surface area contributed by atoms with E-state index in [-0.39, 0.29) is 17.6 Å². The Labute approximate surface area is 177 Å². The lowest BCUT2D eigenvalue weighted by Gasteiger charge is -2.18. The molecule has 8 nitrogen and oxygen atoms in total. The predicted molar refractivity (Wildman–Crippen MR) is 113 cm³/mol. The zero-order valence-corrected chi connectivity index (χ0v) is 18.2. The van der Waals surface area contributed by atoms with Crippen LogP contribution in [0.1, 0.15) is 65.7 Å². The van der Waals surface area contributed by atoms with Gasteiger partial charge in [0.2, 0.25) is 11.1 Å². The maximum Gasteiger partial charge on any atom is 0.341 e. The van der Waals surface area contributed by atoms with Gasteiger partial charge in [-0.2, -0.15) is 0 Å². The Hall–Kier alpha value is -2.07. The Balaban J connectivity index is 1.46. The number of nitrogens with two attached hydrogens (primary N) is 1. The first kappa shape index (κ1) is 20.2. The van der Waals surface area contributed by atoms with Crippen LogP contribution in [0.4, 0.5) is 5.00 Å². The molecule has 29 heavy (non-hydrogen) atoms. The second-order valence-corrected chi connectivity index (χ2v) is 9.65. The van der Waals surface area contributed by atoms with Crippen molar-refractivity contribution in [2.45, 2.75) is 57.0 Å². The number of amides is 1. The van der Waals surface area contributed by atoms with Crippen LogP contribution in [-0.4, -0.2) is 39.1 Å². The highest BCUT2D eigenvalue weighted by atomic mass is 32.2. The molecule has 1 saturated carbocycles. The molecular formula is C19H25N5O3S2. The summed E-state index contributed by atoms with van der Waals surface area (Å²) in [6.45, 7) is 4.30. The van der Waals surface area contributed by atoms with E-state index in [9.17, 15) is 9.59 Å². The molecule has 10 heteroatoms. The van der Waals surface area contributed by atoms with Gasteiger partial charge in [0, 0.05) is 10.8 Å². The number of carbonyl (C=O) groups excluding carboxylic acids is 2. The maximum absolute atomic E-state index is 12.6. The summed E-state index contributed by atoms with van der Waals surface area (Å²) in [6.07, 6.45) is 4.97. The molecule has 2 aromatic heterocycles. The number of hydrogen-bond acceptors (Lipinski definition) is 8. The Kier molecular flexibility index (Phi) is 5.82. The Morgan fingerprint density at radius 3 is 2.86 bits per heavy atom. The zero-order valence-electron chi connectivity index (χ0n) is 16.6. The van der Waals surface area contributed by atoms with Crippen LogP contribution < -0.4 is 11.2 Å². The number of thioether (sulfide) groups is 1. The number of ether oxygens (including phenoxy) is 1. The first-order valence-electron chi connectivity index (χ1n) is 9.92. The molecule has 2 aromatic rings. The van der Waals surface area contributed by atoms with Crippen molar-refractivity contribution < 1.29 is 14.3 Å². The van der Waals surface area contributed by atoms with Crippen molar-refractivity contribution >= 4 is 40.0 Å². The number of nitrogens with zero attached hydrogens (tertiary/aromatic N) is 3. The summed E-state index contributed by atoms with van der Waals surface area (Å²) in [4.78, 5) is 26.3. The van der Waals surface area contributed by atoms with Crippen molar-refractivity contribution in [3.63, 3.8) is 0 Å². The van der Waals surface area contributed by atoms with Crippen molar-refractivity contribution in [1.82, 2.24) is 14.9 Å². The topological polar surface area (TPSA) is 112 Å². The van der Waals surface area contributed by atoms with Crippen LogP contribution in [-0.2, 0) is 22.4 Å². The van der Waals surface area contributed by atoms with Gasteiger partial charge >= 0.3 is 5.97 Å². The van der Waals surface area contributed by atoms with Gasteiger partial charge in [0.1, 0.15) is 5.00 Å². The average molecular weight is 436 g/mol. The molecule has 0 saturated heterocycles. The summed E-state index contributed by atoms with van der Waals surface area (Å²) in [6, 6.07) is 0. The average Bonchev–Trinajstić information content (AvgIpc) is 3.36. The number of fused-ring (bicyclic) bond motifs is 1. The molecule has 0 radical (unpaired) electrons. The van der Waals surface area contributed by atoms with Gasteiger partial charge in [-0.3, -0.25) is 4.79 Å². The summed E-state index contributed by atoms with van der Waals surface area (Å²) in [7, 11) is 0. The lowest BCUT2D eigenvalue weighted by Crippen LogP contribution is -2.18. The van der Waals surface area contributed by atoms with Crippen molar-refractivity contribution in [2.75, 3.05) is 23.5 Å². The second kappa shape index (κ2) is 8.35. The van der Waals surface area contributed by atoms with E-state index in [0.29, 0.717) is 34.2 Å². The molecule has 2 aliphatic carbocycles. The monoisotopic (exact) mass is 435 g/mol. The molecular weight excluding hydrogens is 410 g/mol. The first-order chi connectivity index (χ1) is 14.0. The van der Waals surface area contributed by atoms with Crippen LogP contribution in [0.2, 0.25) is 0 Å². The summed E-state index contributed by atoms with van der Waals surface area (Å²) in [5.74, 6) is 7.35. The van der Waals surface area contributed by atoms with Gasteiger partial charge in [-0.1, -0.05) is 18.7 Å². The van der Waals surface area contributed by atoms with Crippen LogP contribution >= 0.6 is 23.1 Å². The highest BCUT2D eigenvalue weighted by Gasteiger charge is 2.31. The van der Waals surface area contributed by atoms with Gasteiger partial charge in [0.05, 0.1) is 17.9 Å². The number of aromatic nitrogens is 3. The minimum atomic E-state index is -0.363. The van der Waals surface area contributed by atoms with Crippen LogP contribution in [0.3, 0.4) is 0 Å². The van der Waals surface area contributed by atoms with Gasteiger partial charge in [0.25, 0.3) is 0 Å². The van der Waals surface area contributed by atoms with Crippen LogP contribution in [0.15, 0.2) is 5.16 Å². The number of carbonyl (C=O) groups is 2. The summed E-state index contributed by atoms with van der Waals surface area (Å²) in [5, 5.41) is 12.2. The number of nitrogens with one attached hydrogen (secondary N) is 1. The van der Waals surface area contributed by atoms with Gasteiger partial charge in [-0.05, 0) is 50.5 Å². The van der Waals surface area contributed by atoms with E-state index in [4.69, 9.17) is 10.6 Å². The molecule has 2 heterocycles. The van der Waals surface area contributed by atoms with E-state index in [1.165, 1.54) is 32.7 Å². The largest absolute Gasteiger partial charge is 0.462 e. The number of thiophene rings is 1. The van der Waals surface area contributed by atoms with Gasteiger partial charge in [-0.25, -0.2) is 9.47 Å². The molecule has 2 aliphatic rings. The van der Waals surface area contributed by atoms with E-state index in [0.717, 1.165) is 43.5 Å². The van der Waals surface area contributed by atoms with Gasteiger partial charge in [-0.15, -0.1) is 21.5 Å². The molecule has 0 spiro atoms. The van der Waals surface area contributed by atoms with Crippen LogP contribution in [0, 0.1) is 5.92 Å². The molecule has 0 aromatic carbocycles. The molecule has 1 amide bonds. The zero-order chi connectivity index (χ0) is 20.5. The standard InChI is InChI=1S/C19H25N5O3S2/c1-3-27-18(26)15-12-7-4-10(2)8-13(12)29-17(15)21-14(25)9-28-19-23-22-16(24(19)20)11-5-6-11/h10-11H,3-9,20H2,1-2H3,(H,21,25)/t10-/m1/s1. The molecule has 0 unspecified atom stereocenters.